The number of hydrogen-bond acceptors (Lipinski definition) is 3. The van der Waals surface area contributed by atoms with Crippen LogP contribution in [0.25, 0.3) is 0 Å². The Morgan fingerprint density at radius 3 is 3.00 bits per heavy atom. The van der Waals surface area contributed by atoms with Crippen LogP contribution in [0.15, 0.2) is 16.7 Å². The molecule has 1 aromatic heterocycles. The quantitative estimate of drug-likeness (QED) is 0.824. The molecule has 1 aromatic rings. The number of carbonyl (C=O) groups excluding carboxylic acids is 1. The molecule has 0 spiro atoms. The smallest absolute Gasteiger partial charge is 0.229 e. The molecule has 1 fully saturated rings. The first-order valence-corrected chi connectivity index (χ1v) is 6.62. The van der Waals surface area contributed by atoms with E-state index in [2.05, 4.69) is 26.2 Å². The van der Waals surface area contributed by atoms with Gasteiger partial charge in [-0.1, -0.05) is 18.0 Å². The molecule has 4 nitrogen and oxygen atoms in total. The van der Waals surface area contributed by atoms with E-state index in [1.54, 1.807) is 12.3 Å². The molecule has 0 bridgehead atoms. The van der Waals surface area contributed by atoms with Gasteiger partial charge in [0.05, 0.1) is 11.6 Å². The monoisotopic (exact) mass is 317 g/mol. The van der Waals surface area contributed by atoms with Crippen LogP contribution in [-0.2, 0) is 4.79 Å². The molecular formula is C11H13BrClN3O. The number of amides is 1. The van der Waals surface area contributed by atoms with Crippen LogP contribution < -0.4 is 11.1 Å². The molecule has 92 valence electrons. The second kappa shape index (κ2) is 5.33. The van der Waals surface area contributed by atoms with Crippen molar-refractivity contribution in [1.29, 1.82) is 0 Å². The first-order chi connectivity index (χ1) is 8.08. The highest BCUT2D eigenvalue weighted by atomic mass is 79.9. The first kappa shape index (κ1) is 12.8. The van der Waals surface area contributed by atoms with E-state index in [0.29, 0.717) is 5.69 Å². The van der Waals surface area contributed by atoms with Crippen LogP contribution in [0.3, 0.4) is 0 Å². The van der Waals surface area contributed by atoms with Gasteiger partial charge in [-0.05, 0) is 34.8 Å². The van der Waals surface area contributed by atoms with E-state index in [4.69, 9.17) is 17.3 Å². The SMILES string of the molecule is NC1CCCC1C(=O)Nc1cc(Br)cnc1Cl. The maximum atomic E-state index is 12.0. The van der Waals surface area contributed by atoms with Gasteiger partial charge in [-0.2, -0.15) is 0 Å². The summed E-state index contributed by atoms with van der Waals surface area (Å²) >= 11 is 9.19. The van der Waals surface area contributed by atoms with Gasteiger partial charge in [-0.3, -0.25) is 4.79 Å². The summed E-state index contributed by atoms with van der Waals surface area (Å²) in [5, 5.41) is 3.07. The number of anilines is 1. The highest BCUT2D eigenvalue weighted by molar-refractivity contribution is 9.10. The molecule has 0 saturated heterocycles. The predicted molar refractivity (Wildman–Crippen MR) is 70.9 cm³/mol. The molecule has 2 atom stereocenters. The summed E-state index contributed by atoms with van der Waals surface area (Å²) in [6, 6.07) is 1.68. The molecule has 0 aromatic carbocycles. The van der Waals surface area contributed by atoms with Crippen molar-refractivity contribution in [3.05, 3.63) is 21.9 Å². The molecule has 1 saturated carbocycles. The number of rotatable bonds is 2. The zero-order valence-corrected chi connectivity index (χ0v) is 11.5. The lowest BCUT2D eigenvalue weighted by molar-refractivity contribution is -0.120. The van der Waals surface area contributed by atoms with E-state index in [1.807, 2.05) is 0 Å². The molecule has 1 amide bonds. The Morgan fingerprint density at radius 2 is 2.35 bits per heavy atom. The topological polar surface area (TPSA) is 68.0 Å². The van der Waals surface area contributed by atoms with Crippen molar-refractivity contribution in [2.75, 3.05) is 5.32 Å². The molecule has 3 N–H and O–H groups in total. The number of pyridine rings is 1. The van der Waals surface area contributed by atoms with Crippen molar-refractivity contribution in [3.8, 4) is 0 Å². The zero-order valence-electron chi connectivity index (χ0n) is 9.12. The van der Waals surface area contributed by atoms with Crippen molar-refractivity contribution >= 4 is 39.1 Å². The Kier molecular flexibility index (Phi) is 4.01. The van der Waals surface area contributed by atoms with Crippen LogP contribution in [0.1, 0.15) is 19.3 Å². The Morgan fingerprint density at radius 1 is 1.59 bits per heavy atom. The minimum absolute atomic E-state index is 0.0473. The van der Waals surface area contributed by atoms with Gasteiger partial charge >= 0.3 is 0 Å². The summed E-state index contributed by atoms with van der Waals surface area (Å²) in [5.74, 6) is -0.193. The Bertz CT molecular complexity index is 441. The fraction of sp³-hybridized carbons (Fsp3) is 0.455. The molecule has 17 heavy (non-hydrogen) atoms. The predicted octanol–water partition coefficient (Wildman–Crippen LogP) is 2.56. The second-order valence-electron chi connectivity index (χ2n) is 4.18. The average Bonchev–Trinajstić information content (AvgIpc) is 2.70. The van der Waals surface area contributed by atoms with E-state index in [9.17, 15) is 4.79 Å². The van der Waals surface area contributed by atoms with Crippen LogP contribution in [-0.4, -0.2) is 16.9 Å². The normalized spacial score (nSPS) is 23.7. The Labute approximate surface area is 113 Å². The third-order valence-electron chi connectivity index (χ3n) is 2.97. The molecular weight excluding hydrogens is 305 g/mol. The van der Waals surface area contributed by atoms with E-state index in [-0.39, 0.29) is 23.0 Å². The lowest BCUT2D eigenvalue weighted by Crippen LogP contribution is -2.34. The molecule has 6 heteroatoms. The van der Waals surface area contributed by atoms with Gasteiger partial charge in [-0.15, -0.1) is 0 Å². The molecule has 1 aliphatic carbocycles. The van der Waals surface area contributed by atoms with Gasteiger partial charge in [0.25, 0.3) is 0 Å². The van der Waals surface area contributed by atoms with Gasteiger partial charge in [0, 0.05) is 16.7 Å². The molecule has 0 aliphatic heterocycles. The number of nitrogens with zero attached hydrogens (tertiary/aromatic N) is 1. The number of nitrogens with one attached hydrogen (secondary N) is 1. The second-order valence-corrected chi connectivity index (χ2v) is 5.46. The van der Waals surface area contributed by atoms with E-state index < -0.39 is 0 Å². The van der Waals surface area contributed by atoms with Crippen molar-refractivity contribution in [1.82, 2.24) is 4.98 Å². The Hall–Kier alpha value is -0.650. The third-order valence-corrected chi connectivity index (χ3v) is 3.70. The van der Waals surface area contributed by atoms with Crippen LogP contribution in [0, 0.1) is 5.92 Å². The van der Waals surface area contributed by atoms with Crippen LogP contribution >= 0.6 is 27.5 Å². The maximum absolute atomic E-state index is 12.0. The highest BCUT2D eigenvalue weighted by Crippen LogP contribution is 2.28. The summed E-state index contributed by atoms with van der Waals surface area (Å²) in [4.78, 5) is 15.9. The number of hydrogen-bond donors (Lipinski definition) is 2. The van der Waals surface area contributed by atoms with Crippen molar-refractivity contribution in [3.63, 3.8) is 0 Å². The fourth-order valence-electron chi connectivity index (χ4n) is 2.05. The summed E-state index contributed by atoms with van der Waals surface area (Å²) in [5.41, 5.74) is 6.40. The minimum atomic E-state index is -0.120. The van der Waals surface area contributed by atoms with Crippen molar-refractivity contribution in [2.45, 2.75) is 25.3 Å². The largest absolute Gasteiger partial charge is 0.327 e. The average molecular weight is 319 g/mol. The van der Waals surface area contributed by atoms with Crippen LogP contribution in [0.5, 0.6) is 0 Å². The molecule has 1 aliphatic rings. The zero-order chi connectivity index (χ0) is 12.4. The van der Waals surface area contributed by atoms with E-state index >= 15 is 0 Å². The van der Waals surface area contributed by atoms with Crippen molar-refractivity contribution < 1.29 is 4.79 Å². The third kappa shape index (κ3) is 2.97. The minimum Gasteiger partial charge on any atom is -0.327 e. The molecule has 2 rings (SSSR count). The summed E-state index contributed by atoms with van der Waals surface area (Å²) in [6.07, 6.45) is 4.33. The fourth-order valence-corrected chi connectivity index (χ4v) is 2.53. The number of aromatic nitrogens is 1. The lowest BCUT2D eigenvalue weighted by Gasteiger charge is -2.15. The van der Waals surface area contributed by atoms with E-state index in [1.165, 1.54) is 0 Å². The summed E-state index contributed by atoms with van der Waals surface area (Å²) in [7, 11) is 0. The van der Waals surface area contributed by atoms with E-state index in [0.717, 1.165) is 23.7 Å². The van der Waals surface area contributed by atoms with Crippen LogP contribution in [0.4, 0.5) is 5.69 Å². The van der Waals surface area contributed by atoms with Gasteiger partial charge < -0.3 is 11.1 Å². The van der Waals surface area contributed by atoms with Crippen molar-refractivity contribution in [2.24, 2.45) is 11.7 Å². The summed E-state index contributed by atoms with van der Waals surface area (Å²) in [6.45, 7) is 0. The number of carbonyl (C=O) groups is 1. The number of nitrogens with two attached hydrogens (primary N) is 1. The van der Waals surface area contributed by atoms with Crippen LogP contribution in [0.2, 0.25) is 5.15 Å². The van der Waals surface area contributed by atoms with Gasteiger partial charge in [0.1, 0.15) is 0 Å². The lowest BCUT2D eigenvalue weighted by atomic mass is 10.0. The first-order valence-electron chi connectivity index (χ1n) is 5.45. The highest BCUT2D eigenvalue weighted by Gasteiger charge is 2.30. The molecule has 1 heterocycles. The Balaban J connectivity index is 2.10. The van der Waals surface area contributed by atoms with Gasteiger partial charge in [0.15, 0.2) is 5.15 Å². The maximum Gasteiger partial charge on any atom is 0.229 e. The summed E-state index contributed by atoms with van der Waals surface area (Å²) < 4.78 is 0.771. The number of halogens is 2. The molecule has 2 unspecified atom stereocenters. The molecule has 0 radical (unpaired) electrons. The van der Waals surface area contributed by atoms with Gasteiger partial charge in [0.2, 0.25) is 5.91 Å². The van der Waals surface area contributed by atoms with Gasteiger partial charge in [-0.25, -0.2) is 4.98 Å². The standard InChI is InChI=1S/C11H13BrClN3O/c12-6-4-9(10(13)15-5-6)16-11(17)7-2-1-3-8(7)14/h4-5,7-8H,1-3,14H2,(H,16,17).